The van der Waals surface area contributed by atoms with Crippen molar-refractivity contribution in [1.82, 2.24) is 0 Å². The molecule has 70 heavy (non-hydrogen) atoms. The second kappa shape index (κ2) is 18.4. The van der Waals surface area contributed by atoms with Crippen LogP contribution in [0.3, 0.4) is 0 Å². The molecule has 0 saturated carbocycles. The van der Waals surface area contributed by atoms with Gasteiger partial charge in [0.25, 0.3) is 30.4 Å². The van der Waals surface area contributed by atoms with E-state index in [-0.39, 0.29) is 61.4 Å². The number of hydrogen-bond donors (Lipinski definition) is 9. The minimum atomic E-state index is -5.16. The summed E-state index contributed by atoms with van der Waals surface area (Å²) in [5, 5.41) is 54.9. The quantitative estimate of drug-likeness (QED) is 0.0312. The molecule has 8 rings (SSSR count). The maximum absolute atomic E-state index is 12.6. The third kappa shape index (κ3) is 10.2. The number of azo groups is 4. The Labute approximate surface area is 396 Å². The molecule has 23 nitrogen and oxygen atoms in total. The van der Waals surface area contributed by atoms with Crippen LogP contribution in [0, 0.1) is 0 Å². The number of benzene rings is 8. The fraction of sp³-hybridized carbons (Fsp3) is 0. The molecule has 0 aromatic heterocycles. The van der Waals surface area contributed by atoms with Gasteiger partial charge in [0.15, 0.2) is 11.5 Å². The molecule has 0 aliphatic rings. The zero-order chi connectivity index (χ0) is 50.3. The first kappa shape index (κ1) is 47.7. The van der Waals surface area contributed by atoms with Gasteiger partial charge in [-0.25, -0.2) is 0 Å². The first-order valence-electron chi connectivity index (χ1n) is 19.8. The van der Waals surface area contributed by atoms with Crippen molar-refractivity contribution in [1.29, 1.82) is 0 Å². The summed E-state index contributed by atoms with van der Waals surface area (Å²) >= 11 is 0. The van der Waals surface area contributed by atoms with E-state index in [0.29, 0.717) is 28.2 Å². The van der Waals surface area contributed by atoms with E-state index in [2.05, 4.69) is 40.9 Å². The average Bonchev–Trinajstić information content (AvgIpc) is 3.29. The minimum Gasteiger partial charge on any atom is -0.505 e. The van der Waals surface area contributed by atoms with Gasteiger partial charge in [-0.1, -0.05) is 30.3 Å². The summed E-state index contributed by atoms with van der Waals surface area (Å²) in [6.45, 7) is 0. The third-order valence-corrected chi connectivity index (χ3v) is 12.8. The van der Waals surface area contributed by atoms with Crippen LogP contribution in [-0.4, -0.2) is 49.1 Å². The van der Waals surface area contributed by atoms with Gasteiger partial charge in [-0.05, 0) is 119 Å². The van der Waals surface area contributed by atoms with E-state index in [4.69, 9.17) is 22.9 Å². The summed E-state index contributed by atoms with van der Waals surface area (Å²) in [5.74, 6) is -1.51. The number of nitrogens with zero attached hydrogens (tertiary/aromatic N) is 8. The molecule has 354 valence electrons. The number of aromatic hydroxyl groups is 2. The Kier molecular flexibility index (Phi) is 12.5. The predicted octanol–water partition coefficient (Wildman–Crippen LogP) is 10.8. The van der Waals surface area contributed by atoms with Gasteiger partial charge in [0.05, 0.1) is 44.4 Å². The van der Waals surface area contributed by atoms with Crippen molar-refractivity contribution in [3.8, 4) is 22.6 Å². The molecule has 0 unspecified atom stereocenters. The molecule has 0 aliphatic carbocycles. The fourth-order valence-corrected chi connectivity index (χ4v) is 8.70. The Bertz CT molecular complexity index is 3930. The van der Waals surface area contributed by atoms with E-state index >= 15 is 0 Å². The van der Waals surface area contributed by atoms with Gasteiger partial charge in [0, 0.05) is 16.8 Å². The lowest BCUT2D eigenvalue weighted by atomic mass is 10.1. The third-order valence-electron chi connectivity index (χ3n) is 10.2. The molecule has 13 N–H and O–H groups in total. The smallest absolute Gasteiger partial charge is 0.296 e. The van der Waals surface area contributed by atoms with Gasteiger partial charge in [-0.3, -0.25) is 13.7 Å². The van der Waals surface area contributed by atoms with E-state index < -0.39 is 67.9 Å². The number of nitrogen functional groups attached to an aromatic ring is 4. The molecule has 26 heteroatoms. The molecule has 0 bridgehead atoms. The SMILES string of the molecule is Nc1ccc(N=Nc2ccc3cc(S(=O)(=O)O)c(N=Nc4ccc(-c5ccc(N=Nc6c(S(=O)(=O)O)cc7cc(S(=O)(=O)O)cc(N=Nc8ccc(N)cc8N)c7c6O)cc5)cc4)c(O)c3c2)c(N)c1. The summed E-state index contributed by atoms with van der Waals surface area (Å²) in [7, 11) is -15.0. The van der Waals surface area contributed by atoms with E-state index in [1.54, 1.807) is 36.4 Å². The zero-order valence-corrected chi connectivity index (χ0v) is 37.9. The number of fused-ring (bicyclic) bond motifs is 2. The molecule has 0 radical (unpaired) electrons. The van der Waals surface area contributed by atoms with Crippen molar-refractivity contribution >= 4 is 120 Å². The molecule has 0 atom stereocenters. The second-order valence-corrected chi connectivity index (χ2v) is 19.2. The molecule has 0 amide bonds. The fourth-order valence-electron chi connectivity index (χ4n) is 6.85. The van der Waals surface area contributed by atoms with Gasteiger partial charge in [0.2, 0.25) is 0 Å². The van der Waals surface area contributed by atoms with E-state index in [1.807, 2.05) is 0 Å². The van der Waals surface area contributed by atoms with Crippen LogP contribution >= 0.6 is 0 Å². The van der Waals surface area contributed by atoms with Gasteiger partial charge in [-0.15, -0.1) is 25.6 Å². The van der Waals surface area contributed by atoms with Gasteiger partial charge in [-0.2, -0.15) is 40.6 Å². The van der Waals surface area contributed by atoms with Crippen LogP contribution in [0.15, 0.2) is 183 Å². The highest BCUT2D eigenvalue weighted by atomic mass is 32.2. The molecule has 8 aromatic carbocycles. The van der Waals surface area contributed by atoms with Crippen molar-refractivity contribution in [2.45, 2.75) is 14.7 Å². The Balaban J connectivity index is 1.07. The van der Waals surface area contributed by atoms with Crippen LogP contribution in [0.2, 0.25) is 0 Å². The average molecular weight is 1000 g/mol. The molecule has 0 spiro atoms. The number of nitrogens with two attached hydrogens (primary N) is 4. The second-order valence-electron chi connectivity index (χ2n) is 15.0. The minimum absolute atomic E-state index is 0.0905. The van der Waals surface area contributed by atoms with Crippen LogP contribution in [0.25, 0.3) is 32.7 Å². The summed E-state index contributed by atoms with van der Waals surface area (Å²) < 4.78 is 104. The Morgan fingerprint density at radius 1 is 0.386 bits per heavy atom. The molecule has 0 saturated heterocycles. The highest BCUT2D eigenvalue weighted by Gasteiger charge is 2.26. The van der Waals surface area contributed by atoms with Gasteiger partial charge < -0.3 is 33.1 Å². The lowest BCUT2D eigenvalue weighted by molar-refractivity contribution is 0.471. The van der Waals surface area contributed by atoms with Crippen LogP contribution < -0.4 is 22.9 Å². The first-order valence-corrected chi connectivity index (χ1v) is 24.1. The molecule has 0 fully saturated rings. The molecular formula is C44H34N12O11S3. The summed E-state index contributed by atoms with van der Waals surface area (Å²) in [6.07, 6.45) is 0. The number of phenols is 2. The van der Waals surface area contributed by atoms with Crippen LogP contribution in [0.4, 0.5) is 68.2 Å². The monoisotopic (exact) mass is 1000 g/mol. The lowest BCUT2D eigenvalue weighted by Gasteiger charge is -2.12. The summed E-state index contributed by atoms with van der Waals surface area (Å²) in [4.78, 5) is -2.42. The van der Waals surface area contributed by atoms with Crippen LogP contribution in [-0.2, 0) is 30.4 Å². The Morgan fingerprint density at radius 3 is 1.31 bits per heavy atom. The van der Waals surface area contributed by atoms with Crippen molar-refractivity contribution in [3.63, 3.8) is 0 Å². The topological polar surface area (TPSA) is 407 Å². The number of hydrogen-bond acceptors (Lipinski definition) is 20. The largest absolute Gasteiger partial charge is 0.505 e. The predicted molar refractivity (Wildman–Crippen MR) is 260 cm³/mol. The Morgan fingerprint density at radius 2 is 0.829 bits per heavy atom. The summed E-state index contributed by atoms with van der Waals surface area (Å²) in [5.41, 5.74) is 25.2. The molecule has 8 aromatic rings. The highest BCUT2D eigenvalue weighted by Crippen LogP contribution is 2.47. The van der Waals surface area contributed by atoms with E-state index in [1.165, 1.54) is 66.7 Å². The highest BCUT2D eigenvalue weighted by molar-refractivity contribution is 7.86. The van der Waals surface area contributed by atoms with Crippen LogP contribution in [0.5, 0.6) is 11.5 Å². The molecule has 0 aliphatic heterocycles. The number of rotatable bonds is 12. The number of phenolic OH excluding ortho intramolecular Hbond substituents is 2. The maximum atomic E-state index is 12.6. The number of anilines is 4. The van der Waals surface area contributed by atoms with Crippen LogP contribution in [0.1, 0.15) is 0 Å². The van der Waals surface area contributed by atoms with E-state index in [0.717, 1.165) is 24.3 Å². The standard InChI is InChI=1S/C44H34N12O11S3/c45-26-6-13-35(33(47)18-26)52-51-30-12-5-24-16-38(69(62,63)64)41(43(57)32(24)20-30)55-49-28-8-1-22(2-9-28)23-3-10-29(11-4-23)50-56-42-39(70(65,66)67)17-25-15-31(68(59,60)61)21-37(40(25)44(42)58)54-53-36-14-7-27(46)19-34(36)48/h1-21,57-58H,45-48H2,(H,59,60,61)(H,62,63,64)(H,65,66,67). The van der Waals surface area contributed by atoms with Crippen molar-refractivity contribution in [2.75, 3.05) is 22.9 Å². The maximum Gasteiger partial charge on any atom is 0.296 e. The lowest BCUT2D eigenvalue weighted by Crippen LogP contribution is -2.01. The van der Waals surface area contributed by atoms with Gasteiger partial charge >= 0.3 is 0 Å². The first-order chi connectivity index (χ1) is 33.0. The molecule has 0 heterocycles. The summed E-state index contributed by atoms with van der Waals surface area (Å²) in [6, 6.07) is 29.6. The van der Waals surface area contributed by atoms with Crippen molar-refractivity contribution < 1.29 is 49.1 Å². The normalized spacial score (nSPS) is 12.7. The van der Waals surface area contributed by atoms with Gasteiger partial charge in [0.1, 0.15) is 32.5 Å². The van der Waals surface area contributed by atoms with E-state index in [9.17, 15) is 49.1 Å². The zero-order valence-electron chi connectivity index (χ0n) is 35.4. The van der Waals surface area contributed by atoms with Crippen molar-refractivity contribution in [3.05, 3.63) is 127 Å². The Hall–Kier alpha value is -8.79. The molecular weight excluding hydrogens is 969 g/mol. The van der Waals surface area contributed by atoms with Crippen molar-refractivity contribution in [2.24, 2.45) is 40.9 Å².